The average Bonchev–Trinajstić information content (AvgIpc) is 2.86. The van der Waals surface area contributed by atoms with Crippen LogP contribution in [0.25, 0.3) is 0 Å². The third kappa shape index (κ3) is 3.29. The van der Waals surface area contributed by atoms with Crippen LogP contribution in [0.2, 0.25) is 0 Å². The van der Waals surface area contributed by atoms with Crippen molar-refractivity contribution in [2.45, 2.75) is 39.8 Å². The summed E-state index contributed by atoms with van der Waals surface area (Å²) in [6, 6.07) is 6.08. The molecule has 0 bridgehead atoms. The van der Waals surface area contributed by atoms with E-state index >= 15 is 0 Å². The Balaban J connectivity index is 2.07. The van der Waals surface area contributed by atoms with Gasteiger partial charge in [0.2, 0.25) is 0 Å². The second-order valence-corrected chi connectivity index (χ2v) is 5.88. The largest absolute Gasteiger partial charge is 0.495 e. The molecule has 5 heteroatoms. The molecule has 20 heavy (non-hydrogen) atoms. The molecular weight excluding hydrogens is 252 g/mol. The molecule has 0 radical (unpaired) electrons. The van der Waals surface area contributed by atoms with E-state index in [0.29, 0.717) is 6.54 Å². The number of hydrogen-bond donors (Lipinski definition) is 1. The van der Waals surface area contributed by atoms with E-state index in [1.807, 2.05) is 29.9 Å². The summed E-state index contributed by atoms with van der Waals surface area (Å²) in [6.07, 6.45) is 1.97. The smallest absolute Gasteiger partial charge is 0.142 e. The SMILES string of the molecule is COc1cc(C)ccc1NCc1cn(C(C)(C)C)nn1. The molecule has 108 valence electrons. The molecule has 1 aromatic heterocycles. The Hall–Kier alpha value is -2.04. The van der Waals surface area contributed by atoms with Gasteiger partial charge in [-0.05, 0) is 45.4 Å². The van der Waals surface area contributed by atoms with Crippen LogP contribution in [-0.2, 0) is 12.1 Å². The van der Waals surface area contributed by atoms with Gasteiger partial charge >= 0.3 is 0 Å². The zero-order chi connectivity index (χ0) is 14.8. The van der Waals surface area contributed by atoms with Crippen molar-refractivity contribution in [3.8, 4) is 5.75 Å². The minimum Gasteiger partial charge on any atom is -0.495 e. The zero-order valence-corrected chi connectivity index (χ0v) is 12.8. The topological polar surface area (TPSA) is 52.0 Å². The van der Waals surface area contributed by atoms with E-state index in [0.717, 1.165) is 17.1 Å². The summed E-state index contributed by atoms with van der Waals surface area (Å²) in [5.74, 6) is 0.841. The van der Waals surface area contributed by atoms with Crippen LogP contribution < -0.4 is 10.1 Å². The van der Waals surface area contributed by atoms with Crippen molar-refractivity contribution in [1.82, 2.24) is 15.0 Å². The predicted molar refractivity (Wildman–Crippen MR) is 80.1 cm³/mol. The summed E-state index contributed by atoms with van der Waals surface area (Å²) < 4.78 is 7.24. The van der Waals surface area contributed by atoms with Gasteiger partial charge in [0.05, 0.1) is 31.1 Å². The first-order chi connectivity index (χ1) is 9.40. The van der Waals surface area contributed by atoms with Crippen molar-refractivity contribution in [2.24, 2.45) is 0 Å². The van der Waals surface area contributed by atoms with Gasteiger partial charge in [-0.25, -0.2) is 4.68 Å². The highest BCUT2D eigenvalue weighted by Crippen LogP contribution is 2.25. The Labute approximate surface area is 120 Å². The van der Waals surface area contributed by atoms with Crippen molar-refractivity contribution in [2.75, 3.05) is 12.4 Å². The Morgan fingerprint density at radius 1 is 1.30 bits per heavy atom. The number of hydrogen-bond acceptors (Lipinski definition) is 4. The molecule has 2 aromatic rings. The number of nitrogens with zero attached hydrogens (tertiary/aromatic N) is 3. The number of aromatic nitrogens is 3. The number of methoxy groups -OCH3 is 1. The quantitative estimate of drug-likeness (QED) is 0.931. The Kier molecular flexibility index (Phi) is 3.97. The van der Waals surface area contributed by atoms with Crippen molar-refractivity contribution in [3.63, 3.8) is 0 Å². The maximum Gasteiger partial charge on any atom is 0.142 e. The first kappa shape index (κ1) is 14.4. The van der Waals surface area contributed by atoms with Gasteiger partial charge in [-0.15, -0.1) is 5.10 Å². The van der Waals surface area contributed by atoms with Gasteiger partial charge in [0.1, 0.15) is 11.4 Å². The van der Waals surface area contributed by atoms with E-state index < -0.39 is 0 Å². The van der Waals surface area contributed by atoms with Crippen LogP contribution in [0, 0.1) is 6.92 Å². The monoisotopic (exact) mass is 274 g/mol. The normalized spacial score (nSPS) is 11.4. The van der Waals surface area contributed by atoms with Gasteiger partial charge in [-0.2, -0.15) is 0 Å². The van der Waals surface area contributed by atoms with Crippen LogP contribution in [-0.4, -0.2) is 22.1 Å². The van der Waals surface area contributed by atoms with Crippen LogP contribution >= 0.6 is 0 Å². The number of rotatable bonds is 4. The summed E-state index contributed by atoms with van der Waals surface area (Å²) in [5.41, 5.74) is 2.99. The minimum atomic E-state index is -0.0488. The van der Waals surface area contributed by atoms with E-state index in [9.17, 15) is 0 Å². The number of anilines is 1. The second kappa shape index (κ2) is 5.53. The lowest BCUT2D eigenvalue weighted by Gasteiger charge is -2.17. The van der Waals surface area contributed by atoms with E-state index in [4.69, 9.17) is 4.74 Å². The van der Waals surface area contributed by atoms with Gasteiger partial charge < -0.3 is 10.1 Å². The fourth-order valence-corrected chi connectivity index (χ4v) is 1.84. The summed E-state index contributed by atoms with van der Waals surface area (Å²) in [5, 5.41) is 11.7. The van der Waals surface area contributed by atoms with Crippen LogP contribution in [0.1, 0.15) is 32.0 Å². The van der Waals surface area contributed by atoms with Crippen LogP contribution in [0.15, 0.2) is 24.4 Å². The molecule has 0 fully saturated rings. The maximum atomic E-state index is 5.37. The summed E-state index contributed by atoms with van der Waals surface area (Å²) >= 11 is 0. The minimum absolute atomic E-state index is 0.0488. The Morgan fingerprint density at radius 3 is 2.65 bits per heavy atom. The first-order valence-corrected chi connectivity index (χ1v) is 6.70. The fraction of sp³-hybridized carbons (Fsp3) is 0.467. The van der Waals surface area contributed by atoms with Crippen molar-refractivity contribution in [3.05, 3.63) is 35.7 Å². The van der Waals surface area contributed by atoms with Gasteiger partial charge in [0.15, 0.2) is 0 Å². The molecule has 0 aliphatic carbocycles. The third-order valence-electron chi connectivity index (χ3n) is 3.05. The van der Waals surface area contributed by atoms with Gasteiger partial charge in [-0.3, -0.25) is 0 Å². The predicted octanol–water partition coefficient (Wildman–Crippen LogP) is 2.96. The highest BCUT2D eigenvalue weighted by atomic mass is 16.5. The molecular formula is C15H22N4O. The fourth-order valence-electron chi connectivity index (χ4n) is 1.84. The molecule has 0 saturated carbocycles. The van der Waals surface area contributed by atoms with Gasteiger partial charge in [-0.1, -0.05) is 11.3 Å². The van der Waals surface area contributed by atoms with Gasteiger partial charge in [0.25, 0.3) is 0 Å². The summed E-state index contributed by atoms with van der Waals surface area (Å²) in [7, 11) is 1.68. The lowest BCUT2D eigenvalue weighted by atomic mass is 10.1. The molecule has 1 N–H and O–H groups in total. The van der Waals surface area contributed by atoms with Crippen LogP contribution in [0.5, 0.6) is 5.75 Å². The highest BCUT2D eigenvalue weighted by molar-refractivity contribution is 5.57. The maximum absolute atomic E-state index is 5.37. The number of ether oxygens (including phenoxy) is 1. The molecule has 0 spiro atoms. The Bertz CT molecular complexity index is 584. The molecule has 1 heterocycles. The lowest BCUT2D eigenvalue weighted by Crippen LogP contribution is -2.22. The van der Waals surface area contributed by atoms with Gasteiger partial charge in [0, 0.05) is 0 Å². The standard InChI is InChI=1S/C15H22N4O/c1-11-6-7-13(14(8-11)20-5)16-9-12-10-19(18-17-12)15(2,3)4/h6-8,10,16H,9H2,1-5H3. The average molecular weight is 274 g/mol. The molecule has 2 rings (SSSR count). The lowest BCUT2D eigenvalue weighted by molar-refractivity contribution is 0.347. The van der Waals surface area contributed by atoms with E-state index in [1.165, 1.54) is 5.56 Å². The molecule has 5 nitrogen and oxygen atoms in total. The third-order valence-corrected chi connectivity index (χ3v) is 3.05. The molecule has 0 saturated heterocycles. The van der Waals surface area contributed by atoms with E-state index in [2.05, 4.69) is 42.5 Å². The molecule has 0 atom stereocenters. The molecule has 0 amide bonds. The van der Waals surface area contributed by atoms with Crippen molar-refractivity contribution < 1.29 is 4.74 Å². The van der Waals surface area contributed by atoms with Crippen LogP contribution in [0.4, 0.5) is 5.69 Å². The van der Waals surface area contributed by atoms with E-state index in [-0.39, 0.29) is 5.54 Å². The van der Waals surface area contributed by atoms with Crippen molar-refractivity contribution >= 4 is 5.69 Å². The first-order valence-electron chi connectivity index (χ1n) is 6.70. The molecule has 0 aliphatic heterocycles. The van der Waals surface area contributed by atoms with Crippen molar-refractivity contribution in [1.29, 1.82) is 0 Å². The number of aryl methyl sites for hydroxylation is 1. The second-order valence-electron chi connectivity index (χ2n) is 5.88. The number of nitrogens with one attached hydrogen (secondary N) is 1. The number of benzene rings is 1. The Morgan fingerprint density at radius 2 is 2.05 bits per heavy atom. The molecule has 1 aromatic carbocycles. The summed E-state index contributed by atoms with van der Waals surface area (Å²) in [6.45, 7) is 8.96. The molecule has 0 aliphatic rings. The highest BCUT2D eigenvalue weighted by Gasteiger charge is 2.15. The summed E-state index contributed by atoms with van der Waals surface area (Å²) in [4.78, 5) is 0. The zero-order valence-electron chi connectivity index (χ0n) is 12.8. The molecule has 0 unspecified atom stereocenters. The van der Waals surface area contributed by atoms with E-state index in [1.54, 1.807) is 7.11 Å². The van der Waals surface area contributed by atoms with Crippen LogP contribution in [0.3, 0.4) is 0 Å².